The molecule has 0 aromatic carbocycles. The quantitative estimate of drug-likeness (QED) is 0.421. The zero-order valence-electron chi connectivity index (χ0n) is 12.2. The Kier molecular flexibility index (Phi) is 5.59. The number of hydrogen-bond acceptors (Lipinski definition) is 8. The van der Waals surface area contributed by atoms with Crippen LogP contribution in [0.2, 0.25) is 0 Å². The lowest BCUT2D eigenvalue weighted by Gasteiger charge is -2.30. The largest absolute Gasteiger partial charge is 0.354 e. The van der Waals surface area contributed by atoms with Crippen LogP contribution in [0, 0.1) is 10.1 Å². The third kappa shape index (κ3) is 3.52. The molecule has 1 aromatic heterocycles. The Hall–Kier alpha value is -2.00. The van der Waals surface area contributed by atoms with Crippen molar-refractivity contribution in [2.24, 2.45) is 5.84 Å². The highest BCUT2D eigenvalue weighted by atomic mass is 16.6. The van der Waals surface area contributed by atoms with Crippen molar-refractivity contribution in [3.63, 3.8) is 0 Å². The van der Waals surface area contributed by atoms with Crippen LogP contribution in [0.4, 0.5) is 17.3 Å². The number of nitrogens with two attached hydrogens (primary N) is 1. The van der Waals surface area contributed by atoms with Crippen molar-refractivity contribution in [2.45, 2.75) is 19.9 Å². The van der Waals surface area contributed by atoms with Gasteiger partial charge in [-0.2, -0.15) is 0 Å². The zero-order valence-corrected chi connectivity index (χ0v) is 12.2. The smallest absolute Gasteiger partial charge is 0.347 e. The first kappa shape index (κ1) is 16.1. The van der Waals surface area contributed by atoms with Gasteiger partial charge >= 0.3 is 5.69 Å². The van der Waals surface area contributed by atoms with E-state index in [1.54, 1.807) is 0 Å². The van der Waals surface area contributed by atoms with Gasteiger partial charge in [-0.1, -0.05) is 0 Å². The summed E-state index contributed by atoms with van der Waals surface area (Å²) in [6, 6.07) is 0.0641. The molecule has 1 unspecified atom stereocenters. The topological polar surface area (TPSA) is 113 Å². The maximum Gasteiger partial charge on any atom is 0.354 e. The van der Waals surface area contributed by atoms with Gasteiger partial charge in [0.15, 0.2) is 0 Å². The molecule has 0 aliphatic heterocycles. The van der Waals surface area contributed by atoms with E-state index in [-0.39, 0.29) is 23.4 Å². The zero-order chi connectivity index (χ0) is 15.3. The van der Waals surface area contributed by atoms with Crippen LogP contribution < -0.4 is 16.2 Å². The number of nitrogens with zero attached hydrogens (tertiary/aromatic N) is 5. The summed E-state index contributed by atoms with van der Waals surface area (Å²) in [5.41, 5.74) is 2.04. The van der Waals surface area contributed by atoms with Crippen LogP contribution in [0.1, 0.15) is 13.8 Å². The van der Waals surface area contributed by atoms with Gasteiger partial charge in [0.05, 0.1) is 4.92 Å². The van der Waals surface area contributed by atoms with Crippen LogP contribution >= 0.6 is 0 Å². The van der Waals surface area contributed by atoms with E-state index in [2.05, 4.69) is 15.4 Å². The van der Waals surface area contributed by atoms with Gasteiger partial charge in [-0.15, -0.1) is 0 Å². The molecule has 1 atom stereocenters. The molecule has 0 aliphatic rings. The molecule has 0 aliphatic carbocycles. The molecule has 0 amide bonds. The molecule has 112 valence electrons. The van der Waals surface area contributed by atoms with Gasteiger partial charge in [-0.3, -0.25) is 10.1 Å². The standard InChI is InChI=1S/C11H21N7O2/c1-5-17(8(2)6-16(3)4)11-9(18(19)20)10(15-12)13-7-14-11/h7-8H,5-6,12H2,1-4H3,(H,13,14,15). The van der Waals surface area contributed by atoms with Gasteiger partial charge in [0.1, 0.15) is 6.33 Å². The lowest BCUT2D eigenvalue weighted by Crippen LogP contribution is -2.41. The van der Waals surface area contributed by atoms with Crippen LogP contribution in [0.5, 0.6) is 0 Å². The molecule has 0 bridgehead atoms. The summed E-state index contributed by atoms with van der Waals surface area (Å²) in [7, 11) is 3.90. The SMILES string of the molecule is CCN(c1ncnc(NN)c1[N+](=O)[O-])C(C)CN(C)C. The van der Waals surface area contributed by atoms with Crippen molar-refractivity contribution in [1.29, 1.82) is 0 Å². The molecule has 0 saturated carbocycles. The van der Waals surface area contributed by atoms with Crippen molar-refractivity contribution in [3.8, 4) is 0 Å². The molecule has 0 saturated heterocycles. The number of aromatic nitrogens is 2. The van der Waals surface area contributed by atoms with Crippen LogP contribution in [0.25, 0.3) is 0 Å². The highest BCUT2D eigenvalue weighted by Gasteiger charge is 2.28. The summed E-state index contributed by atoms with van der Waals surface area (Å²) in [5, 5.41) is 11.3. The number of anilines is 2. The second-order valence-corrected chi connectivity index (χ2v) is 4.69. The summed E-state index contributed by atoms with van der Waals surface area (Å²) in [5.74, 6) is 5.57. The molecule has 20 heavy (non-hydrogen) atoms. The number of hydrazine groups is 1. The molecular formula is C11H21N7O2. The summed E-state index contributed by atoms with van der Waals surface area (Å²) >= 11 is 0. The van der Waals surface area contributed by atoms with Crippen molar-refractivity contribution in [3.05, 3.63) is 16.4 Å². The number of hydrogen-bond donors (Lipinski definition) is 2. The highest BCUT2D eigenvalue weighted by Crippen LogP contribution is 2.32. The van der Waals surface area contributed by atoms with E-state index in [0.717, 1.165) is 6.54 Å². The van der Waals surface area contributed by atoms with Crippen LogP contribution in [0.3, 0.4) is 0 Å². The van der Waals surface area contributed by atoms with Gasteiger partial charge < -0.3 is 15.2 Å². The summed E-state index contributed by atoms with van der Waals surface area (Å²) in [4.78, 5) is 22.5. The first-order valence-corrected chi connectivity index (χ1v) is 6.29. The number of nitrogens with one attached hydrogen (secondary N) is 1. The van der Waals surface area contributed by atoms with E-state index in [1.165, 1.54) is 6.33 Å². The number of likely N-dealkylation sites (N-methyl/N-ethyl adjacent to an activating group) is 2. The summed E-state index contributed by atoms with van der Waals surface area (Å²) in [6.45, 7) is 5.26. The fourth-order valence-electron chi connectivity index (χ4n) is 2.15. The molecular weight excluding hydrogens is 262 g/mol. The Balaban J connectivity index is 3.24. The van der Waals surface area contributed by atoms with E-state index in [1.807, 2.05) is 37.7 Å². The molecule has 3 N–H and O–H groups in total. The Bertz CT molecular complexity index is 466. The van der Waals surface area contributed by atoms with Crippen molar-refractivity contribution < 1.29 is 4.92 Å². The van der Waals surface area contributed by atoms with E-state index in [9.17, 15) is 10.1 Å². The van der Waals surface area contributed by atoms with Gasteiger partial charge in [0.2, 0.25) is 11.6 Å². The Labute approximate surface area is 117 Å². The molecule has 1 heterocycles. The predicted molar refractivity (Wildman–Crippen MR) is 77.5 cm³/mol. The van der Waals surface area contributed by atoms with Crippen molar-refractivity contribution in [1.82, 2.24) is 14.9 Å². The normalized spacial score (nSPS) is 12.3. The van der Waals surface area contributed by atoms with Gasteiger partial charge in [0.25, 0.3) is 0 Å². The monoisotopic (exact) mass is 283 g/mol. The minimum Gasteiger partial charge on any atom is -0.347 e. The Morgan fingerprint density at radius 2 is 2.15 bits per heavy atom. The maximum absolute atomic E-state index is 11.3. The van der Waals surface area contributed by atoms with E-state index in [0.29, 0.717) is 6.54 Å². The van der Waals surface area contributed by atoms with Crippen LogP contribution in [-0.4, -0.2) is 53.0 Å². The number of rotatable bonds is 7. The minimum absolute atomic E-state index is 0.00973. The molecule has 9 heteroatoms. The Morgan fingerprint density at radius 1 is 1.50 bits per heavy atom. The lowest BCUT2D eigenvalue weighted by molar-refractivity contribution is -0.383. The fourth-order valence-corrected chi connectivity index (χ4v) is 2.15. The first-order chi connectivity index (χ1) is 9.42. The van der Waals surface area contributed by atoms with E-state index in [4.69, 9.17) is 5.84 Å². The van der Waals surface area contributed by atoms with E-state index >= 15 is 0 Å². The third-order valence-electron chi connectivity index (χ3n) is 2.90. The average Bonchev–Trinajstić information content (AvgIpc) is 2.37. The Morgan fingerprint density at radius 3 is 2.60 bits per heavy atom. The van der Waals surface area contributed by atoms with Gasteiger partial charge in [0, 0.05) is 19.1 Å². The molecule has 1 aromatic rings. The predicted octanol–water partition coefficient (Wildman–Crippen LogP) is 0.447. The van der Waals surface area contributed by atoms with Crippen LogP contribution in [-0.2, 0) is 0 Å². The average molecular weight is 283 g/mol. The van der Waals surface area contributed by atoms with Gasteiger partial charge in [-0.05, 0) is 27.9 Å². The van der Waals surface area contributed by atoms with Crippen molar-refractivity contribution in [2.75, 3.05) is 37.5 Å². The second-order valence-electron chi connectivity index (χ2n) is 4.69. The second kappa shape index (κ2) is 6.96. The maximum atomic E-state index is 11.3. The lowest BCUT2D eigenvalue weighted by atomic mass is 10.2. The van der Waals surface area contributed by atoms with Crippen LogP contribution in [0.15, 0.2) is 6.33 Å². The first-order valence-electron chi connectivity index (χ1n) is 6.29. The van der Waals surface area contributed by atoms with E-state index < -0.39 is 4.92 Å². The van der Waals surface area contributed by atoms with Gasteiger partial charge in [-0.25, -0.2) is 15.8 Å². The highest BCUT2D eigenvalue weighted by molar-refractivity contribution is 5.70. The summed E-state index contributed by atoms with van der Waals surface area (Å²) in [6.07, 6.45) is 1.27. The number of nitrogen functional groups attached to an aromatic ring is 1. The molecule has 1 rings (SSSR count). The molecule has 9 nitrogen and oxygen atoms in total. The summed E-state index contributed by atoms with van der Waals surface area (Å²) < 4.78 is 0. The number of nitro groups is 1. The van der Waals surface area contributed by atoms with Crippen molar-refractivity contribution >= 4 is 17.3 Å². The minimum atomic E-state index is -0.518. The molecule has 0 spiro atoms. The molecule has 0 radical (unpaired) electrons. The third-order valence-corrected chi connectivity index (χ3v) is 2.90. The molecule has 0 fully saturated rings. The fraction of sp³-hybridized carbons (Fsp3) is 0.636.